The molecule has 1 fully saturated rings. The van der Waals surface area contributed by atoms with E-state index in [9.17, 15) is 14.4 Å². The van der Waals surface area contributed by atoms with Crippen LogP contribution < -0.4 is 10.9 Å². The predicted molar refractivity (Wildman–Crippen MR) is 110 cm³/mol. The molecule has 1 aliphatic heterocycles. The number of rotatable bonds is 2. The van der Waals surface area contributed by atoms with Crippen LogP contribution in [0.4, 0.5) is 4.79 Å². The SMILES string of the molecule is O=C1N[C@@]2(CCc3ccccc32)C(=O)N1Cc1cc(=O)oc2cc3c(cc12)CCC3. The molecule has 3 aromatic rings. The van der Waals surface area contributed by atoms with Crippen LogP contribution in [0.1, 0.15) is 40.7 Å². The van der Waals surface area contributed by atoms with E-state index < -0.39 is 17.2 Å². The first-order valence-corrected chi connectivity index (χ1v) is 10.4. The van der Waals surface area contributed by atoms with Crippen molar-refractivity contribution in [1.29, 1.82) is 0 Å². The molecular formula is C24H20N2O4. The molecule has 30 heavy (non-hydrogen) atoms. The first-order valence-electron chi connectivity index (χ1n) is 10.4. The summed E-state index contributed by atoms with van der Waals surface area (Å²) in [5, 5.41) is 3.74. The van der Waals surface area contributed by atoms with Gasteiger partial charge >= 0.3 is 11.7 Å². The highest BCUT2D eigenvalue weighted by atomic mass is 16.4. The number of nitrogens with one attached hydrogen (secondary N) is 1. The van der Waals surface area contributed by atoms with Crippen molar-refractivity contribution in [3.63, 3.8) is 0 Å². The van der Waals surface area contributed by atoms with Crippen LogP contribution in [0.3, 0.4) is 0 Å². The Bertz CT molecular complexity index is 1310. The van der Waals surface area contributed by atoms with Crippen LogP contribution in [0.15, 0.2) is 51.7 Å². The van der Waals surface area contributed by atoms with Gasteiger partial charge in [0.1, 0.15) is 11.1 Å². The van der Waals surface area contributed by atoms with Crippen molar-refractivity contribution < 1.29 is 14.0 Å². The number of urea groups is 1. The summed E-state index contributed by atoms with van der Waals surface area (Å²) in [6.45, 7) is 0.0511. The molecule has 150 valence electrons. The average Bonchev–Trinajstić information content (AvgIpc) is 3.40. The second-order valence-electron chi connectivity index (χ2n) is 8.45. The molecule has 0 bridgehead atoms. The molecule has 2 aliphatic carbocycles. The lowest BCUT2D eigenvalue weighted by Crippen LogP contribution is -2.41. The molecule has 0 unspecified atom stereocenters. The molecule has 6 rings (SSSR count). The minimum Gasteiger partial charge on any atom is -0.423 e. The van der Waals surface area contributed by atoms with Gasteiger partial charge in [-0.2, -0.15) is 0 Å². The van der Waals surface area contributed by atoms with Gasteiger partial charge in [-0.1, -0.05) is 24.3 Å². The summed E-state index contributed by atoms with van der Waals surface area (Å²) in [6, 6.07) is 12.7. The molecule has 1 spiro atoms. The van der Waals surface area contributed by atoms with Gasteiger partial charge in [0.15, 0.2) is 0 Å². The van der Waals surface area contributed by atoms with Gasteiger partial charge in [-0.3, -0.25) is 9.69 Å². The van der Waals surface area contributed by atoms with Crippen LogP contribution in [0.2, 0.25) is 0 Å². The molecule has 6 nitrogen and oxygen atoms in total. The molecule has 1 N–H and O–H groups in total. The lowest BCUT2D eigenvalue weighted by Gasteiger charge is -2.22. The number of imide groups is 1. The molecular weight excluding hydrogens is 380 g/mol. The van der Waals surface area contributed by atoms with E-state index in [0.29, 0.717) is 17.6 Å². The Balaban J connectivity index is 1.42. The van der Waals surface area contributed by atoms with Crippen LogP contribution in [-0.2, 0) is 36.1 Å². The normalized spacial score (nSPS) is 22.1. The lowest BCUT2D eigenvalue weighted by atomic mass is 9.91. The zero-order valence-corrected chi connectivity index (χ0v) is 16.4. The first kappa shape index (κ1) is 17.4. The second-order valence-corrected chi connectivity index (χ2v) is 8.45. The van der Waals surface area contributed by atoms with Gasteiger partial charge in [0.2, 0.25) is 0 Å². The molecule has 2 aromatic carbocycles. The molecule has 1 aromatic heterocycles. The minimum absolute atomic E-state index is 0.0511. The van der Waals surface area contributed by atoms with Crippen molar-refractivity contribution in [2.45, 2.75) is 44.2 Å². The highest BCUT2D eigenvalue weighted by Crippen LogP contribution is 2.42. The minimum atomic E-state index is -0.996. The first-order chi connectivity index (χ1) is 14.5. The average molecular weight is 400 g/mol. The van der Waals surface area contributed by atoms with Crippen molar-refractivity contribution in [2.75, 3.05) is 0 Å². The number of aryl methyl sites for hydroxylation is 3. The van der Waals surface area contributed by atoms with E-state index in [1.54, 1.807) is 0 Å². The van der Waals surface area contributed by atoms with E-state index in [-0.39, 0.29) is 12.5 Å². The smallest absolute Gasteiger partial charge is 0.336 e. The third-order valence-corrected chi connectivity index (χ3v) is 6.79. The summed E-state index contributed by atoms with van der Waals surface area (Å²) in [5.41, 5.74) is 4.12. The van der Waals surface area contributed by atoms with Gasteiger partial charge in [-0.25, -0.2) is 9.59 Å². The fourth-order valence-corrected chi connectivity index (χ4v) is 5.33. The van der Waals surface area contributed by atoms with Gasteiger partial charge in [-0.15, -0.1) is 0 Å². The van der Waals surface area contributed by atoms with Gasteiger partial charge in [0.25, 0.3) is 5.91 Å². The van der Waals surface area contributed by atoms with Crippen molar-refractivity contribution in [3.05, 3.63) is 80.7 Å². The Labute approximate surface area is 172 Å². The number of amides is 3. The molecule has 6 heteroatoms. The Kier molecular flexibility index (Phi) is 3.52. The van der Waals surface area contributed by atoms with Crippen LogP contribution in [0, 0.1) is 0 Å². The van der Waals surface area contributed by atoms with Gasteiger partial charge in [0.05, 0.1) is 6.54 Å². The molecule has 0 saturated carbocycles. The maximum absolute atomic E-state index is 13.5. The molecule has 1 saturated heterocycles. The van der Waals surface area contributed by atoms with Gasteiger partial charge < -0.3 is 9.73 Å². The standard InChI is InChI=1S/C24H20N2O4/c27-21-12-17(18-10-15-5-3-6-16(15)11-20(18)30-21)13-26-22(28)24(25-23(26)29)9-8-14-4-1-2-7-19(14)24/h1-2,4,7,10-12H,3,5-6,8-9,13H2,(H,25,29)/t24-/m1/s1. The van der Waals surface area contributed by atoms with E-state index in [1.807, 2.05) is 30.3 Å². The largest absolute Gasteiger partial charge is 0.423 e. The van der Waals surface area contributed by atoms with E-state index in [0.717, 1.165) is 42.2 Å². The van der Waals surface area contributed by atoms with E-state index >= 15 is 0 Å². The number of carbonyl (C=O) groups is 2. The number of carbonyl (C=O) groups excluding carboxylic acids is 2. The monoisotopic (exact) mass is 400 g/mol. The summed E-state index contributed by atoms with van der Waals surface area (Å²) in [5.74, 6) is -0.250. The van der Waals surface area contributed by atoms with Crippen LogP contribution in [-0.4, -0.2) is 16.8 Å². The van der Waals surface area contributed by atoms with E-state index in [1.165, 1.54) is 22.1 Å². The maximum Gasteiger partial charge on any atom is 0.336 e. The molecule has 0 radical (unpaired) electrons. The predicted octanol–water partition coefficient (Wildman–Crippen LogP) is 3.18. The highest BCUT2D eigenvalue weighted by Gasteiger charge is 2.55. The van der Waals surface area contributed by atoms with Crippen molar-refractivity contribution in [3.8, 4) is 0 Å². The highest BCUT2D eigenvalue weighted by molar-refractivity contribution is 6.08. The van der Waals surface area contributed by atoms with E-state index in [2.05, 4.69) is 11.4 Å². The fraction of sp³-hybridized carbons (Fsp3) is 0.292. The van der Waals surface area contributed by atoms with Crippen molar-refractivity contribution in [1.82, 2.24) is 10.2 Å². The zero-order valence-electron chi connectivity index (χ0n) is 16.4. The summed E-state index contributed by atoms with van der Waals surface area (Å²) in [7, 11) is 0. The number of hydrogen-bond donors (Lipinski definition) is 1. The Morgan fingerprint density at radius 2 is 1.77 bits per heavy atom. The van der Waals surface area contributed by atoms with Crippen LogP contribution in [0.25, 0.3) is 11.0 Å². The Morgan fingerprint density at radius 3 is 2.63 bits per heavy atom. The molecule has 2 heterocycles. The number of nitrogens with zero attached hydrogens (tertiary/aromatic N) is 1. The maximum atomic E-state index is 13.5. The Hall–Kier alpha value is -3.41. The summed E-state index contributed by atoms with van der Waals surface area (Å²) >= 11 is 0. The zero-order chi connectivity index (χ0) is 20.5. The second kappa shape index (κ2) is 6.05. The number of hydrogen-bond acceptors (Lipinski definition) is 4. The van der Waals surface area contributed by atoms with Gasteiger partial charge in [-0.05, 0) is 72.1 Å². The van der Waals surface area contributed by atoms with Crippen LogP contribution in [0.5, 0.6) is 0 Å². The molecule has 1 atom stereocenters. The third kappa shape index (κ3) is 2.33. The summed E-state index contributed by atoms with van der Waals surface area (Å²) < 4.78 is 5.43. The van der Waals surface area contributed by atoms with Crippen molar-refractivity contribution >= 4 is 22.9 Å². The van der Waals surface area contributed by atoms with E-state index in [4.69, 9.17) is 4.42 Å². The topological polar surface area (TPSA) is 79.6 Å². The summed E-state index contributed by atoms with van der Waals surface area (Å²) in [4.78, 5) is 39.7. The van der Waals surface area contributed by atoms with Gasteiger partial charge in [0, 0.05) is 11.5 Å². The quantitative estimate of drug-likeness (QED) is 0.529. The lowest BCUT2D eigenvalue weighted by molar-refractivity contribution is -0.132. The molecule has 3 aliphatic rings. The Morgan fingerprint density at radius 1 is 0.967 bits per heavy atom. The summed E-state index contributed by atoms with van der Waals surface area (Å²) in [6.07, 6.45) is 4.36. The van der Waals surface area contributed by atoms with Crippen LogP contribution >= 0.6 is 0 Å². The molecule has 3 amide bonds. The fourth-order valence-electron chi connectivity index (χ4n) is 5.33. The number of benzene rings is 2. The third-order valence-electron chi connectivity index (χ3n) is 6.79. The number of fused-ring (bicyclic) bond motifs is 4. The van der Waals surface area contributed by atoms with Crippen molar-refractivity contribution in [2.24, 2.45) is 0 Å².